The van der Waals surface area contributed by atoms with Crippen LogP contribution in [0.15, 0.2) is 21.5 Å². The number of rotatable bonds is 6. The Hall–Kier alpha value is -1.01. The van der Waals surface area contributed by atoms with Crippen LogP contribution in [0.2, 0.25) is 0 Å². The van der Waals surface area contributed by atoms with Crippen LogP contribution >= 0.6 is 27.7 Å². The van der Waals surface area contributed by atoms with Gasteiger partial charge in [-0.3, -0.25) is 9.59 Å². The van der Waals surface area contributed by atoms with Crippen LogP contribution in [0.25, 0.3) is 0 Å². The monoisotopic (exact) mass is 414 g/mol. The predicted octanol–water partition coefficient (Wildman–Crippen LogP) is 3.92. The lowest BCUT2D eigenvalue weighted by molar-refractivity contribution is -0.134. The lowest BCUT2D eigenvalue weighted by Crippen LogP contribution is -2.47. The number of halogens is 1. The highest BCUT2D eigenvalue weighted by atomic mass is 79.9. The number of benzene rings is 1. The van der Waals surface area contributed by atoms with Crippen molar-refractivity contribution in [3.8, 4) is 0 Å². The molecule has 2 amide bonds. The summed E-state index contributed by atoms with van der Waals surface area (Å²) < 4.78 is 1.07. The summed E-state index contributed by atoms with van der Waals surface area (Å²) in [6.07, 6.45) is 0. The van der Waals surface area contributed by atoms with E-state index in [9.17, 15) is 9.59 Å². The fraction of sp³-hybridized carbons (Fsp3) is 0.556. The quantitative estimate of drug-likeness (QED) is 0.717. The Labute approximate surface area is 157 Å². The first-order valence-corrected chi connectivity index (χ1v) is 9.79. The van der Waals surface area contributed by atoms with E-state index in [2.05, 4.69) is 33.4 Å². The maximum atomic E-state index is 12.4. The summed E-state index contributed by atoms with van der Waals surface area (Å²) in [5.74, 6) is 0.184. The van der Waals surface area contributed by atoms with E-state index in [1.165, 1.54) is 11.8 Å². The van der Waals surface area contributed by atoms with Crippen molar-refractivity contribution in [1.82, 2.24) is 10.2 Å². The molecule has 0 spiro atoms. The summed E-state index contributed by atoms with van der Waals surface area (Å²) in [6.45, 7) is 12.4. The lowest BCUT2D eigenvalue weighted by Gasteiger charge is -2.25. The highest BCUT2D eigenvalue weighted by Crippen LogP contribution is 2.28. The Balaban J connectivity index is 2.65. The summed E-state index contributed by atoms with van der Waals surface area (Å²) in [7, 11) is 0. The number of carbonyl (C=O) groups excluding carboxylic acids is 2. The zero-order chi connectivity index (χ0) is 18.5. The van der Waals surface area contributed by atoms with Crippen LogP contribution in [-0.4, -0.2) is 41.1 Å². The van der Waals surface area contributed by atoms with Crippen molar-refractivity contribution < 1.29 is 9.59 Å². The van der Waals surface area contributed by atoms with Crippen molar-refractivity contribution in [3.05, 3.63) is 27.7 Å². The number of carbonyl (C=O) groups is 2. The number of thioether (sulfide) groups is 1. The summed E-state index contributed by atoms with van der Waals surface area (Å²) in [4.78, 5) is 27.1. The molecule has 0 fully saturated rings. The molecule has 0 aliphatic rings. The maximum Gasteiger partial charge on any atom is 0.240 e. The molecule has 1 aromatic carbocycles. The zero-order valence-electron chi connectivity index (χ0n) is 15.3. The van der Waals surface area contributed by atoms with Gasteiger partial charge in [0.2, 0.25) is 11.8 Å². The second-order valence-electron chi connectivity index (χ2n) is 6.86. The van der Waals surface area contributed by atoms with E-state index in [1.807, 2.05) is 41.5 Å². The van der Waals surface area contributed by atoms with Crippen LogP contribution in [0.4, 0.5) is 0 Å². The third-order valence-corrected chi connectivity index (χ3v) is 5.39. The number of hydrogen-bond acceptors (Lipinski definition) is 3. The first-order valence-electron chi connectivity index (χ1n) is 8.02. The summed E-state index contributed by atoms with van der Waals surface area (Å²) >= 11 is 5.03. The molecule has 1 aromatic rings. The fourth-order valence-electron chi connectivity index (χ4n) is 2.15. The molecule has 0 aromatic heterocycles. The summed E-state index contributed by atoms with van der Waals surface area (Å²) in [5, 5.41) is 2.89. The third kappa shape index (κ3) is 6.85. The van der Waals surface area contributed by atoms with Crippen LogP contribution < -0.4 is 5.32 Å². The van der Waals surface area contributed by atoms with E-state index in [4.69, 9.17) is 0 Å². The number of nitrogens with one attached hydrogen (secondary N) is 1. The minimum Gasteiger partial charge on any atom is -0.350 e. The molecule has 1 rings (SSSR count). The Bertz CT molecular complexity index is 612. The molecule has 0 saturated heterocycles. The Kier molecular flexibility index (Phi) is 7.80. The summed E-state index contributed by atoms with van der Waals surface area (Å²) in [5.41, 5.74) is 1.99. The van der Waals surface area contributed by atoms with Gasteiger partial charge in [-0.15, -0.1) is 11.8 Å². The number of likely N-dealkylation sites (N-methyl/N-ethyl adjacent to an activating group) is 1. The first-order chi connectivity index (χ1) is 11.0. The fourth-order valence-corrected chi connectivity index (χ4v) is 3.61. The SMILES string of the molecule is CCN(CC(=O)NC(C)(C)C)C(=O)CSc1cc(C)c(Br)cc1C. The lowest BCUT2D eigenvalue weighted by atomic mass is 10.1. The van der Waals surface area contributed by atoms with Crippen LogP contribution in [0.1, 0.15) is 38.8 Å². The van der Waals surface area contributed by atoms with Gasteiger partial charge in [0.15, 0.2) is 0 Å². The normalized spacial score (nSPS) is 11.3. The van der Waals surface area contributed by atoms with Crippen molar-refractivity contribution in [2.45, 2.75) is 52.0 Å². The average molecular weight is 415 g/mol. The van der Waals surface area contributed by atoms with Gasteiger partial charge < -0.3 is 10.2 Å². The molecule has 0 bridgehead atoms. The molecule has 134 valence electrons. The van der Waals surface area contributed by atoms with Crippen LogP contribution in [0.3, 0.4) is 0 Å². The number of amides is 2. The van der Waals surface area contributed by atoms with E-state index in [-0.39, 0.29) is 23.9 Å². The Morgan fingerprint density at radius 1 is 1.21 bits per heavy atom. The highest BCUT2D eigenvalue weighted by molar-refractivity contribution is 9.10. The van der Waals surface area contributed by atoms with Crippen molar-refractivity contribution in [2.75, 3.05) is 18.8 Å². The van der Waals surface area contributed by atoms with Gasteiger partial charge in [-0.05, 0) is 64.8 Å². The van der Waals surface area contributed by atoms with Crippen molar-refractivity contribution >= 4 is 39.5 Å². The number of nitrogens with zero attached hydrogens (tertiary/aromatic N) is 1. The molecule has 0 aliphatic carbocycles. The first kappa shape index (κ1) is 21.0. The molecule has 0 saturated carbocycles. The molecule has 1 N–H and O–H groups in total. The molecular weight excluding hydrogens is 388 g/mol. The molecular formula is C18H27BrN2O2S. The predicted molar refractivity (Wildman–Crippen MR) is 104 cm³/mol. The third-order valence-electron chi connectivity index (χ3n) is 3.39. The van der Waals surface area contributed by atoms with E-state index in [0.29, 0.717) is 12.3 Å². The van der Waals surface area contributed by atoms with E-state index in [1.54, 1.807) is 4.90 Å². The second-order valence-corrected chi connectivity index (χ2v) is 8.73. The summed E-state index contributed by atoms with van der Waals surface area (Å²) in [6, 6.07) is 4.15. The molecule has 0 radical (unpaired) electrons. The molecule has 24 heavy (non-hydrogen) atoms. The van der Waals surface area contributed by atoms with Gasteiger partial charge >= 0.3 is 0 Å². The van der Waals surface area contributed by atoms with E-state index in [0.717, 1.165) is 20.5 Å². The van der Waals surface area contributed by atoms with Crippen molar-refractivity contribution in [1.29, 1.82) is 0 Å². The van der Waals surface area contributed by atoms with Gasteiger partial charge in [-0.2, -0.15) is 0 Å². The highest BCUT2D eigenvalue weighted by Gasteiger charge is 2.19. The smallest absolute Gasteiger partial charge is 0.240 e. The largest absolute Gasteiger partial charge is 0.350 e. The van der Waals surface area contributed by atoms with Crippen LogP contribution in [-0.2, 0) is 9.59 Å². The van der Waals surface area contributed by atoms with Gasteiger partial charge in [-0.1, -0.05) is 15.9 Å². The topological polar surface area (TPSA) is 49.4 Å². The molecule has 6 heteroatoms. The average Bonchev–Trinajstić information content (AvgIpc) is 2.45. The number of aryl methyl sites for hydroxylation is 2. The molecule has 0 atom stereocenters. The van der Waals surface area contributed by atoms with Gasteiger partial charge in [-0.25, -0.2) is 0 Å². The second kappa shape index (κ2) is 8.90. The molecule has 4 nitrogen and oxygen atoms in total. The van der Waals surface area contributed by atoms with Crippen molar-refractivity contribution in [3.63, 3.8) is 0 Å². The minimum absolute atomic E-state index is 0.0217. The number of hydrogen-bond donors (Lipinski definition) is 1. The van der Waals surface area contributed by atoms with Gasteiger partial charge in [0.1, 0.15) is 0 Å². The Morgan fingerprint density at radius 2 is 1.83 bits per heavy atom. The molecule has 0 unspecified atom stereocenters. The van der Waals surface area contributed by atoms with Gasteiger partial charge in [0, 0.05) is 21.5 Å². The van der Waals surface area contributed by atoms with Gasteiger partial charge in [0.25, 0.3) is 0 Å². The standard InChI is InChI=1S/C18H27BrN2O2S/c1-7-21(10-16(22)20-18(4,5)6)17(23)11-24-15-9-12(2)14(19)8-13(15)3/h8-9H,7,10-11H2,1-6H3,(H,20,22). The van der Waals surface area contributed by atoms with Gasteiger partial charge in [0.05, 0.1) is 12.3 Å². The molecule has 0 heterocycles. The van der Waals surface area contributed by atoms with Crippen LogP contribution in [0, 0.1) is 13.8 Å². The van der Waals surface area contributed by atoms with Crippen LogP contribution in [0.5, 0.6) is 0 Å². The zero-order valence-corrected chi connectivity index (χ0v) is 17.7. The Morgan fingerprint density at radius 3 is 2.38 bits per heavy atom. The van der Waals surface area contributed by atoms with Crippen molar-refractivity contribution in [2.24, 2.45) is 0 Å². The van der Waals surface area contributed by atoms with E-state index < -0.39 is 0 Å². The van der Waals surface area contributed by atoms with E-state index >= 15 is 0 Å². The minimum atomic E-state index is -0.291. The maximum absolute atomic E-state index is 12.4. The molecule has 0 aliphatic heterocycles.